The molecule has 1 fully saturated rings. The van der Waals surface area contributed by atoms with Crippen LogP contribution in [0.25, 0.3) is 0 Å². The zero-order valence-electron chi connectivity index (χ0n) is 17.7. The number of carbonyl (C=O) groups is 2. The molecule has 2 unspecified atom stereocenters. The second kappa shape index (κ2) is 9.58. The molecule has 0 spiro atoms. The summed E-state index contributed by atoms with van der Waals surface area (Å²) < 4.78 is 5.85. The Balaban J connectivity index is 1.49. The van der Waals surface area contributed by atoms with Gasteiger partial charge in [-0.3, -0.25) is 14.6 Å². The first-order valence-electron chi connectivity index (χ1n) is 10.4. The van der Waals surface area contributed by atoms with Crippen molar-refractivity contribution in [3.8, 4) is 11.6 Å². The van der Waals surface area contributed by atoms with Crippen molar-refractivity contribution in [3.63, 3.8) is 0 Å². The number of ether oxygens (including phenoxy) is 1. The minimum Gasteiger partial charge on any atom is -0.437 e. The molecule has 1 aromatic carbocycles. The van der Waals surface area contributed by atoms with E-state index >= 15 is 0 Å². The molecule has 1 aliphatic rings. The van der Waals surface area contributed by atoms with Gasteiger partial charge in [0.25, 0.3) is 0 Å². The van der Waals surface area contributed by atoms with Crippen LogP contribution in [0.2, 0.25) is 5.02 Å². The molecule has 9 heteroatoms. The highest BCUT2D eigenvalue weighted by Gasteiger charge is 2.48. The molecule has 1 saturated heterocycles. The number of pyridine rings is 2. The number of halogens is 1. The lowest BCUT2D eigenvalue weighted by atomic mass is 9.79. The number of benzene rings is 1. The van der Waals surface area contributed by atoms with Crippen molar-refractivity contribution in [2.45, 2.75) is 22.1 Å². The fourth-order valence-electron chi connectivity index (χ4n) is 3.83. The fourth-order valence-corrected chi connectivity index (χ4v) is 5.80. The Morgan fingerprint density at radius 2 is 1.97 bits per heavy atom. The number of nitrogens with one attached hydrogen (secondary N) is 1. The van der Waals surface area contributed by atoms with E-state index in [4.69, 9.17) is 16.3 Å². The third-order valence-electron chi connectivity index (χ3n) is 5.42. The summed E-state index contributed by atoms with van der Waals surface area (Å²) in [6.07, 6.45) is 3.30. The maximum Gasteiger partial charge on any atom is 0.242 e. The Morgan fingerprint density at radius 3 is 2.71 bits per heavy atom. The van der Waals surface area contributed by atoms with E-state index < -0.39 is 10.8 Å². The number of Topliss-reactive ketones (excluding diaryl/α,β-unsaturated/α-hetero) is 1. The first-order valence-corrected chi connectivity index (χ1v) is 12.6. The molecule has 1 aliphatic heterocycles. The van der Waals surface area contributed by atoms with Gasteiger partial charge in [-0.25, -0.2) is 4.98 Å². The van der Waals surface area contributed by atoms with E-state index in [1.807, 2.05) is 29.0 Å². The molecule has 170 valence electrons. The van der Waals surface area contributed by atoms with Gasteiger partial charge in [-0.15, -0.1) is 11.8 Å². The summed E-state index contributed by atoms with van der Waals surface area (Å²) in [6, 6.07) is 17.9. The highest BCUT2D eigenvalue weighted by Crippen LogP contribution is 2.41. The first-order chi connectivity index (χ1) is 16.5. The van der Waals surface area contributed by atoms with Gasteiger partial charge in [-0.1, -0.05) is 29.8 Å². The fraction of sp³-hybridized carbons (Fsp3) is 0.120. The van der Waals surface area contributed by atoms with Crippen LogP contribution in [0, 0.1) is 0 Å². The van der Waals surface area contributed by atoms with Gasteiger partial charge in [-0.2, -0.15) is 11.3 Å². The molecule has 4 aromatic rings. The van der Waals surface area contributed by atoms with Crippen LogP contribution in [0.15, 0.2) is 88.7 Å². The highest BCUT2D eigenvalue weighted by atomic mass is 35.5. The first kappa shape index (κ1) is 22.6. The molecule has 1 N–H and O–H groups in total. The summed E-state index contributed by atoms with van der Waals surface area (Å²) in [5, 5.41) is 6.55. The maximum absolute atomic E-state index is 13.4. The van der Waals surface area contributed by atoms with Crippen LogP contribution >= 0.6 is 34.7 Å². The molecule has 0 saturated carbocycles. The number of hydrogen-bond acceptors (Lipinski definition) is 7. The highest BCUT2D eigenvalue weighted by molar-refractivity contribution is 8.01. The number of ketones is 1. The molecule has 4 heterocycles. The van der Waals surface area contributed by atoms with Crippen molar-refractivity contribution in [1.82, 2.24) is 15.3 Å². The monoisotopic (exact) mass is 507 g/mol. The summed E-state index contributed by atoms with van der Waals surface area (Å²) in [5.74, 6) is 0.305. The Bertz CT molecular complexity index is 1310. The zero-order valence-corrected chi connectivity index (χ0v) is 20.1. The van der Waals surface area contributed by atoms with E-state index in [9.17, 15) is 9.59 Å². The van der Waals surface area contributed by atoms with E-state index in [2.05, 4.69) is 15.3 Å². The molecule has 2 atom stereocenters. The second-order valence-corrected chi connectivity index (χ2v) is 9.96. The Hall–Kier alpha value is -3.20. The van der Waals surface area contributed by atoms with Crippen LogP contribution in [0.4, 0.5) is 0 Å². The van der Waals surface area contributed by atoms with E-state index in [0.29, 0.717) is 27.2 Å². The molecule has 3 aromatic heterocycles. The van der Waals surface area contributed by atoms with Crippen LogP contribution in [0.5, 0.6) is 11.6 Å². The summed E-state index contributed by atoms with van der Waals surface area (Å²) in [4.78, 5) is 36.1. The summed E-state index contributed by atoms with van der Waals surface area (Å²) in [6.45, 7) is 0. The van der Waals surface area contributed by atoms with Crippen LogP contribution in [0.3, 0.4) is 0 Å². The van der Waals surface area contributed by atoms with Crippen molar-refractivity contribution < 1.29 is 14.3 Å². The van der Waals surface area contributed by atoms with Gasteiger partial charge in [0.05, 0.1) is 16.9 Å². The molecule has 0 bridgehead atoms. The summed E-state index contributed by atoms with van der Waals surface area (Å²) in [5.41, 5.74) is 0.224. The van der Waals surface area contributed by atoms with Gasteiger partial charge in [0.1, 0.15) is 16.5 Å². The molecule has 34 heavy (non-hydrogen) atoms. The van der Waals surface area contributed by atoms with Crippen molar-refractivity contribution in [2.24, 2.45) is 0 Å². The van der Waals surface area contributed by atoms with E-state index in [0.717, 1.165) is 17.3 Å². The predicted octanol–water partition coefficient (Wildman–Crippen LogP) is 5.48. The van der Waals surface area contributed by atoms with Crippen LogP contribution in [-0.2, 0) is 15.1 Å². The lowest BCUT2D eigenvalue weighted by molar-refractivity contribution is -0.133. The third-order valence-corrected chi connectivity index (χ3v) is 7.87. The largest absolute Gasteiger partial charge is 0.437 e. The van der Waals surface area contributed by atoms with Crippen molar-refractivity contribution in [1.29, 1.82) is 0 Å². The number of thioether (sulfide) groups is 1. The lowest BCUT2D eigenvalue weighted by Gasteiger charge is -2.39. The van der Waals surface area contributed by atoms with Crippen molar-refractivity contribution >= 4 is 46.4 Å². The normalized spacial score (nSPS) is 20.1. The summed E-state index contributed by atoms with van der Waals surface area (Å²) >= 11 is 8.92. The number of aromatic nitrogens is 2. The SMILES string of the molecule is O=C1CC(c2ccsc2)(c2cccc(Oc3cccnc3)n2)NC(=O)C1Sc1ccccc1Cl. The van der Waals surface area contributed by atoms with Gasteiger partial charge in [0.15, 0.2) is 5.78 Å². The minimum atomic E-state index is -1.10. The quantitative estimate of drug-likeness (QED) is 0.348. The number of hydrogen-bond donors (Lipinski definition) is 1. The number of amides is 1. The topological polar surface area (TPSA) is 81.2 Å². The Labute approximate surface area is 209 Å². The number of carbonyl (C=O) groups excluding carboxylic acids is 2. The number of piperidine rings is 1. The molecule has 5 rings (SSSR count). The van der Waals surface area contributed by atoms with Crippen LogP contribution < -0.4 is 10.1 Å². The van der Waals surface area contributed by atoms with Crippen molar-refractivity contribution in [3.05, 3.63) is 100 Å². The molecule has 0 aliphatic carbocycles. The third kappa shape index (κ3) is 4.44. The maximum atomic E-state index is 13.4. The van der Waals surface area contributed by atoms with Gasteiger partial charge in [-0.05, 0) is 52.7 Å². The number of nitrogens with zero attached hydrogens (tertiary/aromatic N) is 2. The molecule has 6 nitrogen and oxygen atoms in total. The van der Waals surface area contributed by atoms with Gasteiger partial charge in [0.2, 0.25) is 11.8 Å². The molecular formula is C25H18ClN3O3S2. The van der Waals surface area contributed by atoms with Crippen molar-refractivity contribution in [2.75, 3.05) is 0 Å². The lowest BCUT2D eigenvalue weighted by Crippen LogP contribution is -2.58. The van der Waals surface area contributed by atoms with Crippen LogP contribution in [-0.4, -0.2) is 26.9 Å². The van der Waals surface area contributed by atoms with Gasteiger partial charge < -0.3 is 10.1 Å². The zero-order chi connectivity index (χ0) is 23.5. The average molecular weight is 508 g/mol. The average Bonchev–Trinajstić information content (AvgIpc) is 3.39. The Kier molecular flexibility index (Phi) is 6.36. The molecule has 0 radical (unpaired) electrons. The minimum absolute atomic E-state index is 0.0565. The summed E-state index contributed by atoms with van der Waals surface area (Å²) in [7, 11) is 0. The number of rotatable bonds is 6. The predicted molar refractivity (Wildman–Crippen MR) is 133 cm³/mol. The standard InChI is InChI=1S/C25H18ClN3O3S2/c26-18-6-1-2-7-20(18)34-23-19(30)13-25(29-24(23)31,16-10-12-33-15-16)21-8-3-9-22(28-21)32-17-5-4-11-27-14-17/h1-12,14-15,23H,13H2,(H,29,31). The molecule has 1 amide bonds. The van der Waals surface area contributed by atoms with E-state index in [1.54, 1.807) is 54.9 Å². The van der Waals surface area contributed by atoms with Gasteiger partial charge >= 0.3 is 0 Å². The van der Waals surface area contributed by atoms with Crippen LogP contribution in [0.1, 0.15) is 17.7 Å². The Morgan fingerprint density at radius 1 is 1.09 bits per heavy atom. The molecular weight excluding hydrogens is 490 g/mol. The van der Waals surface area contributed by atoms with E-state index in [1.165, 1.54) is 11.3 Å². The second-order valence-electron chi connectivity index (χ2n) is 7.63. The smallest absolute Gasteiger partial charge is 0.242 e. The van der Waals surface area contributed by atoms with E-state index in [-0.39, 0.29) is 18.1 Å². The van der Waals surface area contributed by atoms with Gasteiger partial charge in [0, 0.05) is 23.6 Å². The number of thiophene rings is 1.